The number of sulfone groups is 1. The fourth-order valence-electron chi connectivity index (χ4n) is 0.779. The minimum atomic E-state index is -3.41. The maximum Gasteiger partial charge on any atom is 0.408 e. The highest BCUT2D eigenvalue weighted by molar-refractivity contribution is 7.95. The predicted octanol–water partition coefficient (Wildman–Crippen LogP) is 1.62. The largest absolute Gasteiger partial charge is 0.444 e. The maximum atomic E-state index is 11.3. The molecule has 0 aromatic heterocycles. The molecule has 0 aliphatic carbocycles. The van der Waals surface area contributed by atoms with Crippen LogP contribution in [0.2, 0.25) is 0 Å². The summed E-state index contributed by atoms with van der Waals surface area (Å²) in [5.74, 6) is 0. The summed E-state index contributed by atoms with van der Waals surface area (Å²) in [6, 6.07) is -0.439. The van der Waals surface area contributed by atoms with Gasteiger partial charge in [0, 0.05) is 6.04 Å². The van der Waals surface area contributed by atoms with Crippen LogP contribution in [-0.4, -0.2) is 26.2 Å². The Morgan fingerprint density at radius 2 is 1.94 bits per heavy atom. The zero-order valence-corrected chi connectivity index (χ0v) is 10.8. The normalized spacial score (nSPS) is 14.8. The number of hydrogen-bond donors (Lipinski definition) is 1. The molecule has 1 amide bonds. The maximum absolute atomic E-state index is 11.3. The van der Waals surface area contributed by atoms with E-state index in [1.54, 1.807) is 27.7 Å². The van der Waals surface area contributed by atoms with Gasteiger partial charge in [-0.05, 0) is 33.8 Å². The second-order valence-electron chi connectivity index (χ2n) is 4.43. The van der Waals surface area contributed by atoms with E-state index in [4.69, 9.17) is 4.74 Å². The molecule has 0 rings (SSSR count). The van der Waals surface area contributed by atoms with Crippen molar-refractivity contribution in [2.45, 2.75) is 39.3 Å². The smallest absolute Gasteiger partial charge is 0.408 e. The Morgan fingerprint density at radius 3 is 2.31 bits per heavy atom. The number of carbonyl (C=O) groups excluding carboxylic acids is 1. The molecule has 92 valence electrons. The number of alkyl carbamates (subject to hydrolysis) is 1. The predicted molar refractivity (Wildman–Crippen MR) is 62.2 cm³/mol. The molecule has 0 radical (unpaired) electrons. The van der Waals surface area contributed by atoms with Crippen LogP contribution in [0.5, 0.6) is 0 Å². The van der Waals surface area contributed by atoms with Gasteiger partial charge in [0.05, 0.1) is 5.41 Å². The minimum Gasteiger partial charge on any atom is -0.444 e. The fourth-order valence-corrected chi connectivity index (χ4v) is 1.25. The molecule has 0 bridgehead atoms. The summed E-state index contributed by atoms with van der Waals surface area (Å²) < 4.78 is 26.4. The van der Waals surface area contributed by atoms with Crippen molar-refractivity contribution in [2.75, 3.05) is 0 Å². The van der Waals surface area contributed by atoms with Crippen molar-refractivity contribution in [1.82, 2.24) is 5.32 Å². The summed E-state index contributed by atoms with van der Waals surface area (Å²) >= 11 is 0. The van der Waals surface area contributed by atoms with E-state index in [0.717, 1.165) is 5.41 Å². The Labute approximate surface area is 96.8 Å². The van der Waals surface area contributed by atoms with Gasteiger partial charge >= 0.3 is 15.9 Å². The third-order valence-corrected chi connectivity index (χ3v) is 1.89. The van der Waals surface area contributed by atoms with Crippen molar-refractivity contribution in [3.8, 4) is 0 Å². The molecule has 0 heterocycles. The number of nitrogens with one attached hydrogen (secondary N) is 1. The van der Waals surface area contributed by atoms with E-state index in [0.29, 0.717) is 0 Å². The molecule has 0 aliphatic heterocycles. The van der Waals surface area contributed by atoms with Crippen LogP contribution in [-0.2, 0) is 14.6 Å². The first kappa shape index (κ1) is 14.8. The lowest BCUT2D eigenvalue weighted by atomic mass is 10.2. The molecule has 0 fully saturated rings. The van der Waals surface area contributed by atoms with E-state index in [1.165, 1.54) is 6.08 Å². The van der Waals surface area contributed by atoms with Crippen LogP contribution in [0, 0.1) is 6.26 Å². The quantitative estimate of drug-likeness (QED) is 0.770. The van der Waals surface area contributed by atoms with E-state index in [-0.39, 0.29) is 0 Å². The van der Waals surface area contributed by atoms with Gasteiger partial charge < -0.3 is 10.1 Å². The lowest BCUT2D eigenvalue weighted by Gasteiger charge is -2.20. The van der Waals surface area contributed by atoms with Gasteiger partial charge in [0.1, 0.15) is 5.60 Å². The first-order chi connectivity index (χ1) is 6.99. The third kappa shape index (κ3) is 9.39. The summed E-state index contributed by atoms with van der Waals surface area (Å²) in [7, 11) is -3.41. The number of rotatable bonds is 3. The van der Waals surface area contributed by atoms with Crippen molar-refractivity contribution in [3.05, 3.63) is 17.7 Å². The SMILES string of the molecule is [CH2+]S(=O)(=O)/C=C/[C@@H](C)NC(=O)OC(C)(C)C. The zero-order valence-electron chi connectivity index (χ0n) is 9.98. The molecule has 1 atom stereocenters. The van der Waals surface area contributed by atoms with E-state index in [1.807, 2.05) is 0 Å². The van der Waals surface area contributed by atoms with Gasteiger partial charge in [-0.2, -0.15) is 8.42 Å². The highest BCUT2D eigenvalue weighted by Gasteiger charge is 2.17. The van der Waals surface area contributed by atoms with Gasteiger partial charge in [-0.15, -0.1) is 0 Å². The lowest BCUT2D eigenvalue weighted by molar-refractivity contribution is 0.0518. The average Bonchev–Trinajstić information content (AvgIpc) is 1.95. The highest BCUT2D eigenvalue weighted by atomic mass is 32.2. The molecule has 6 heteroatoms. The molecule has 0 aliphatic rings. The van der Waals surface area contributed by atoms with Crippen LogP contribution in [0.3, 0.4) is 0 Å². The Balaban J connectivity index is 4.22. The monoisotopic (exact) mass is 248 g/mol. The van der Waals surface area contributed by atoms with Crippen molar-refractivity contribution in [2.24, 2.45) is 0 Å². The van der Waals surface area contributed by atoms with Crippen molar-refractivity contribution in [3.63, 3.8) is 0 Å². The highest BCUT2D eigenvalue weighted by Crippen LogP contribution is 2.06. The molecule has 16 heavy (non-hydrogen) atoms. The summed E-state index contributed by atoms with van der Waals surface area (Å²) in [5.41, 5.74) is -0.577. The van der Waals surface area contributed by atoms with Crippen LogP contribution in [0.1, 0.15) is 27.7 Å². The summed E-state index contributed by atoms with van der Waals surface area (Å²) in [4.78, 5) is 11.3. The number of hydrogen-bond acceptors (Lipinski definition) is 4. The van der Waals surface area contributed by atoms with Crippen LogP contribution in [0.4, 0.5) is 4.79 Å². The van der Waals surface area contributed by atoms with Gasteiger partial charge in [-0.3, -0.25) is 0 Å². The Kier molecular flexibility index (Phi) is 4.86. The average molecular weight is 248 g/mol. The summed E-state index contributed by atoms with van der Waals surface area (Å²) in [5, 5.41) is 3.41. The van der Waals surface area contributed by atoms with Crippen molar-refractivity contribution >= 4 is 15.9 Å². The van der Waals surface area contributed by atoms with E-state index in [9.17, 15) is 13.2 Å². The van der Waals surface area contributed by atoms with Crippen LogP contribution in [0.15, 0.2) is 11.5 Å². The lowest BCUT2D eigenvalue weighted by Crippen LogP contribution is -2.36. The van der Waals surface area contributed by atoms with Crippen molar-refractivity contribution < 1.29 is 17.9 Å². The van der Waals surface area contributed by atoms with E-state index < -0.39 is 27.6 Å². The molecule has 5 nitrogen and oxygen atoms in total. The van der Waals surface area contributed by atoms with Gasteiger partial charge in [-0.25, -0.2) is 4.79 Å². The molecule has 0 aromatic rings. The van der Waals surface area contributed by atoms with Gasteiger partial charge in [0.2, 0.25) is 0 Å². The minimum absolute atomic E-state index is 0.439. The molecule has 0 unspecified atom stereocenters. The second kappa shape index (κ2) is 5.25. The molecule has 1 N–H and O–H groups in total. The number of amides is 1. The van der Waals surface area contributed by atoms with Crippen LogP contribution < -0.4 is 5.32 Å². The fraction of sp³-hybridized carbons (Fsp3) is 0.600. The van der Waals surface area contributed by atoms with Crippen LogP contribution in [0.25, 0.3) is 0 Å². The van der Waals surface area contributed by atoms with Crippen LogP contribution >= 0.6 is 0 Å². The molecular weight excluding hydrogens is 230 g/mol. The number of ether oxygens (including phenoxy) is 1. The first-order valence-corrected chi connectivity index (χ1v) is 6.47. The topological polar surface area (TPSA) is 72.5 Å². The Bertz CT molecular complexity index is 365. The molecular formula is C10H18NO4S+. The Hall–Kier alpha value is -1.17. The third-order valence-electron chi connectivity index (χ3n) is 1.32. The van der Waals surface area contributed by atoms with E-state index >= 15 is 0 Å². The molecule has 0 saturated carbocycles. The summed E-state index contributed by atoms with van der Waals surface area (Å²) in [6.45, 7) is 6.86. The zero-order chi connectivity index (χ0) is 13.0. The standard InChI is InChI=1S/C10H17NO4S/c1-8(6-7-16(5,13)14)11-9(12)15-10(2,3)4/h6-8H,5H2,1-4H3/p+1/b7-6+/t8-/m1/s1. The van der Waals surface area contributed by atoms with Gasteiger partial charge in [0.25, 0.3) is 0 Å². The second-order valence-corrected chi connectivity index (χ2v) is 6.02. The van der Waals surface area contributed by atoms with Crippen molar-refractivity contribution in [1.29, 1.82) is 0 Å². The van der Waals surface area contributed by atoms with E-state index in [2.05, 4.69) is 11.6 Å². The van der Waals surface area contributed by atoms with Gasteiger partial charge in [-0.1, -0.05) is 0 Å². The Morgan fingerprint density at radius 1 is 1.44 bits per heavy atom. The van der Waals surface area contributed by atoms with Gasteiger partial charge in [0.15, 0.2) is 6.26 Å². The molecule has 0 saturated heterocycles. The number of carbonyl (C=O) groups is 1. The summed E-state index contributed by atoms with van der Waals surface area (Å²) in [6.07, 6.45) is 3.66. The molecule has 0 aromatic carbocycles. The first-order valence-electron chi connectivity index (χ1n) is 4.75. The molecule has 0 spiro atoms.